The average Bonchev–Trinajstić information content (AvgIpc) is 3.21. The molecule has 1 saturated heterocycles. The number of nitrogens with zero attached hydrogens (tertiary/aromatic N) is 4. The zero-order valence-corrected chi connectivity index (χ0v) is 17.1. The van der Waals surface area contributed by atoms with E-state index in [1.54, 1.807) is 0 Å². The van der Waals surface area contributed by atoms with Gasteiger partial charge >= 0.3 is 0 Å². The van der Waals surface area contributed by atoms with Crippen LogP contribution in [0.15, 0.2) is 24.3 Å². The smallest absolute Gasteiger partial charge is 0.239 e. The number of hydrogen-bond donors (Lipinski definition) is 2. The first kappa shape index (κ1) is 19.1. The first-order valence-corrected chi connectivity index (χ1v) is 10.2. The number of aromatic nitrogens is 2. The van der Waals surface area contributed by atoms with Crippen LogP contribution in [0.4, 0.5) is 11.6 Å². The second-order valence-electron chi connectivity index (χ2n) is 7.74. The van der Waals surface area contributed by atoms with Gasteiger partial charge in [-0.3, -0.25) is 9.48 Å². The minimum absolute atomic E-state index is 0.0138. The number of benzene rings is 1. The quantitative estimate of drug-likeness (QED) is 0.815. The molecule has 0 radical (unpaired) electrons. The van der Waals surface area contributed by atoms with E-state index >= 15 is 0 Å². The van der Waals surface area contributed by atoms with E-state index < -0.39 is 6.04 Å². The molecular formula is C20H27ClN6O. The highest BCUT2D eigenvalue weighted by molar-refractivity contribution is 6.30. The van der Waals surface area contributed by atoms with Crippen molar-refractivity contribution in [3.05, 3.63) is 40.4 Å². The molecule has 2 atom stereocenters. The summed E-state index contributed by atoms with van der Waals surface area (Å²) in [5.41, 5.74) is 8.52. The van der Waals surface area contributed by atoms with Crippen LogP contribution in [0.5, 0.6) is 0 Å². The predicted octanol–water partition coefficient (Wildman–Crippen LogP) is 1.82. The van der Waals surface area contributed by atoms with Crippen LogP contribution in [0.2, 0.25) is 5.02 Å². The number of carbonyl (C=O) groups excluding carboxylic acids is 1. The summed E-state index contributed by atoms with van der Waals surface area (Å²) in [4.78, 5) is 17.0. The van der Waals surface area contributed by atoms with Crippen LogP contribution in [0.3, 0.4) is 0 Å². The van der Waals surface area contributed by atoms with Crippen LogP contribution in [0.25, 0.3) is 0 Å². The maximum absolute atomic E-state index is 12.8. The van der Waals surface area contributed by atoms with Gasteiger partial charge < -0.3 is 20.9 Å². The van der Waals surface area contributed by atoms with Crippen molar-refractivity contribution < 1.29 is 4.79 Å². The zero-order chi connectivity index (χ0) is 19.8. The van der Waals surface area contributed by atoms with E-state index in [1.807, 2.05) is 40.9 Å². The number of carbonyl (C=O) groups is 1. The second kappa shape index (κ2) is 7.64. The molecule has 150 valence electrons. The number of anilines is 2. The molecule has 2 aromatic rings. The number of halogens is 1. The molecule has 3 N–H and O–H groups in total. The minimum Gasteiger partial charge on any atom is -0.368 e. The van der Waals surface area contributed by atoms with Crippen molar-refractivity contribution in [2.75, 3.05) is 42.9 Å². The molecule has 2 aliphatic heterocycles. The SMILES string of the molecule is CC1CNc2nn(C)c(N3CCN(C(=O)[C@H](N)Cc4ccc(Cl)cc4)CC3)c21. The maximum Gasteiger partial charge on any atom is 0.239 e. The highest BCUT2D eigenvalue weighted by Crippen LogP contribution is 2.38. The number of piperazine rings is 1. The molecule has 0 aliphatic carbocycles. The summed E-state index contributed by atoms with van der Waals surface area (Å²) >= 11 is 5.92. The van der Waals surface area contributed by atoms with Crippen LogP contribution < -0.4 is 16.0 Å². The minimum atomic E-state index is -0.530. The molecule has 0 saturated carbocycles. The molecule has 0 bridgehead atoms. The lowest BCUT2D eigenvalue weighted by atomic mass is 10.0. The zero-order valence-electron chi connectivity index (χ0n) is 16.4. The monoisotopic (exact) mass is 402 g/mol. The van der Waals surface area contributed by atoms with Crippen molar-refractivity contribution in [3.8, 4) is 0 Å². The first-order valence-electron chi connectivity index (χ1n) is 9.78. The maximum atomic E-state index is 12.8. The molecule has 1 aromatic heterocycles. The molecule has 1 unspecified atom stereocenters. The van der Waals surface area contributed by atoms with Gasteiger partial charge in [0.25, 0.3) is 0 Å². The molecule has 3 heterocycles. The Morgan fingerprint density at radius 1 is 1.29 bits per heavy atom. The molecule has 8 heteroatoms. The number of fused-ring (bicyclic) bond motifs is 1. The number of hydrogen-bond acceptors (Lipinski definition) is 5. The lowest BCUT2D eigenvalue weighted by molar-refractivity contribution is -0.132. The van der Waals surface area contributed by atoms with Crippen LogP contribution in [-0.4, -0.2) is 59.4 Å². The molecule has 1 fully saturated rings. The fraction of sp³-hybridized carbons (Fsp3) is 0.500. The topological polar surface area (TPSA) is 79.4 Å². The van der Waals surface area contributed by atoms with Gasteiger partial charge in [-0.05, 0) is 24.1 Å². The van der Waals surface area contributed by atoms with Crippen molar-refractivity contribution in [1.29, 1.82) is 0 Å². The van der Waals surface area contributed by atoms with Crippen molar-refractivity contribution in [2.24, 2.45) is 12.8 Å². The summed E-state index contributed by atoms with van der Waals surface area (Å²) in [6.45, 7) is 6.09. The number of rotatable bonds is 4. The Morgan fingerprint density at radius 2 is 1.96 bits per heavy atom. The lowest BCUT2D eigenvalue weighted by Gasteiger charge is -2.37. The third kappa shape index (κ3) is 3.56. The third-order valence-corrected chi connectivity index (χ3v) is 5.95. The fourth-order valence-corrected chi connectivity index (χ4v) is 4.30. The molecular weight excluding hydrogens is 376 g/mol. The summed E-state index contributed by atoms with van der Waals surface area (Å²) in [5, 5.41) is 8.66. The van der Waals surface area contributed by atoms with Crippen molar-refractivity contribution in [1.82, 2.24) is 14.7 Å². The molecule has 1 amide bonds. The standard InChI is InChI=1S/C20H27ClN6O/c1-13-12-23-18-17(13)19(25(2)24-18)26-7-9-27(10-8-26)20(28)16(22)11-14-3-5-15(21)6-4-14/h3-6,13,16H,7-12,22H2,1-2H3,(H,23,24)/t13?,16-/m1/s1. The van der Waals surface area contributed by atoms with Gasteiger partial charge in [0.15, 0.2) is 5.82 Å². The van der Waals surface area contributed by atoms with Gasteiger partial charge in [-0.15, -0.1) is 0 Å². The van der Waals surface area contributed by atoms with Crippen molar-refractivity contribution in [3.63, 3.8) is 0 Å². The Balaban J connectivity index is 1.38. The Hall–Kier alpha value is -2.25. The Kier molecular flexibility index (Phi) is 5.21. The fourth-order valence-electron chi connectivity index (χ4n) is 4.18. The van der Waals surface area contributed by atoms with E-state index in [0.717, 1.165) is 31.0 Å². The molecule has 2 aliphatic rings. The van der Waals surface area contributed by atoms with Gasteiger partial charge in [0.05, 0.1) is 6.04 Å². The van der Waals surface area contributed by atoms with Gasteiger partial charge in [0.1, 0.15) is 5.82 Å². The Labute approximate surface area is 170 Å². The van der Waals surface area contributed by atoms with E-state index in [4.69, 9.17) is 17.3 Å². The highest BCUT2D eigenvalue weighted by Gasteiger charge is 2.32. The van der Waals surface area contributed by atoms with Crippen LogP contribution in [-0.2, 0) is 18.3 Å². The summed E-state index contributed by atoms with van der Waals surface area (Å²) in [6.07, 6.45) is 0.522. The average molecular weight is 403 g/mol. The van der Waals surface area contributed by atoms with Gasteiger partial charge in [-0.1, -0.05) is 30.7 Å². The third-order valence-electron chi connectivity index (χ3n) is 5.70. The second-order valence-corrected chi connectivity index (χ2v) is 8.18. The van der Waals surface area contributed by atoms with Gasteiger partial charge in [0, 0.05) is 56.3 Å². The Bertz CT molecular complexity index is 856. The summed E-state index contributed by atoms with van der Waals surface area (Å²) < 4.78 is 1.96. The predicted molar refractivity (Wildman–Crippen MR) is 112 cm³/mol. The van der Waals surface area contributed by atoms with E-state index in [1.165, 1.54) is 11.4 Å². The number of nitrogens with one attached hydrogen (secondary N) is 1. The summed E-state index contributed by atoms with van der Waals surface area (Å²) in [7, 11) is 1.99. The summed E-state index contributed by atoms with van der Waals surface area (Å²) in [6, 6.07) is 6.97. The largest absolute Gasteiger partial charge is 0.368 e. The van der Waals surface area contributed by atoms with Crippen LogP contribution in [0, 0.1) is 0 Å². The number of nitrogens with two attached hydrogens (primary N) is 1. The van der Waals surface area contributed by atoms with Gasteiger partial charge in [-0.2, -0.15) is 5.10 Å². The van der Waals surface area contributed by atoms with E-state index in [9.17, 15) is 4.79 Å². The van der Waals surface area contributed by atoms with Crippen LogP contribution in [0.1, 0.15) is 24.0 Å². The van der Waals surface area contributed by atoms with E-state index in [-0.39, 0.29) is 5.91 Å². The molecule has 4 rings (SSSR count). The number of amides is 1. The lowest BCUT2D eigenvalue weighted by Crippen LogP contribution is -2.54. The van der Waals surface area contributed by atoms with Crippen molar-refractivity contribution in [2.45, 2.75) is 25.3 Å². The Morgan fingerprint density at radius 3 is 2.64 bits per heavy atom. The number of aryl methyl sites for hydroxylation is 1. The molecule has 1 aromatic carbocycles. The van der Waals surface area contributed by atoms with Crippen molar-refractivity contribution >= 4 is 29.1 Å². The van der Waals surface area contributed by atoms with E-state index in [2.05, 4.69) is 22.2 Å². The first-order chi connectivity index (χ1) is 13.4. The molecule has 7 nitrogen and oxygen atoms in total. The normalized spacial score (nSPS) is 20.1. The van der Waals surface area contributed by atoms with Gasteiger partial charge in [-0.25, -0.2) is 0 Å². The summed E-state index contributed by atoms with van der Waals surface area (Å²) in [5.74, 6) is 2.63. The molecule has 0 spiro atoms. The van der Waals surface area contributed by atoms with Gasteiger partial charge in [0.2, 0.25) is 5.91 Å². The van der Waals surface area contributed by atoms with Crippen LogP contribution >= 0.6 is 11.6 Å². The highest BCUT2D eigenvalue weighted by atomic mass is 35.5. The van der Waals surface area contributed by atoms with E-state index in [0.29, 0.717) is 30.5 Å². The molecule has 28 heavy (non-hydrogen) atoms.